The van der Waals surface area contributed by atoms with Gasteiger partial charge in [0, 0.05) is 62.8 Å². The first-order valence-electron chi connectivity index (χ1n) is 11.3. The monoisotopic (exact) mass is 450 g/mol. The number of halogens is 1. The van der Waals surface area contributed by atoms with E-state index < -0.39 is 0 Å². The van der Waals surface area contributed by atoms with Gasteiger partial charge in [0.15, 0.2) is 0 Å². The Morgan fingerprint density at radius 2 is 2.00 bits per heavy atom. The highest BCUT2D eigenvalue weighted by molar-refractivity contribution is 5.96. The van der Waals surface area contributed by atoms with Gasteiger partial charge in [0.05, 0.1) is 17.5 Å². The van der Waals surface area contributed by atoms with Crippen LogP contribution in [0.15, 0.2) is 30.7 Å². The van der Waals surface area contributed by atoms with Crippen molar-refractivity contribution in [2.45, 2.75) is 32.1 Å². The van der Waals surface area contributed by atoms with Crippen molar-refractivity contribution in [1.82, 2.24) is 24.9 Å². The molecule has 2 amide bonds. The van der Waals surface area contributed by atoms with Gasteiger partial charge in [0.25, 0.3) is 5.91 Å². The minimum atomic E-state index is -0.294. The number of benzene rings is 1. The van der Waals surface area contributed by atoms with E-state index in [1.165, 1.54) is 4.90 Å². The number of likely N-dealkylation sites (tertiary alicyclic amines) is 1. The molecule has 0 radical (unpaired) electrons. The molecule has 1 saturated heterocycles. The highest BCUT2D eigenvalue weighted by atomic mass is 19.1. The SMILES string of the molecule is CN1C(=O)CCc2c1ccc(-c1n[nH]cc1CC1CCN(C(=O)c3cnn(C)c3)CC1)c2F. The Hall–Kier alpha value is -3.49. The summed E-state index contributed by atoms with van der Waals surface area (Å²) in [4.78, 5) is 28.0. The van der Waals surface area contributed by atoms with E-state index in [1.807, 2.05) is 17.2 Å². The van der Waals surface area contributed by atoms with E-state index in [1.54, 1.807) is 37.2 Å². The van der Waals surface area contributed by atoms with Gasteiger partial charge in [-0.3, -0.25) is 19.4 Å². The minimum absolute atomic E-state index is 0.00320. The molecule has 1 aromatic carbocycles. The molecular formula is C24H27FN6O2. The van der Waals surface area contributed by atoms with Crippen LogP contribution in [0.5, 0.6) is 0 Å². The second-order valence-electron chi connectivity index (χ2n) is 8.98. The van der Waals surface area contributed by atoms with E-state index in [9.17, 15) is 9.59 Å². The maximum Gasteiger partial charge on any atom is 0.257 e. The number of nitrogens with one attached hydrogen (secondary N) is 1. The van der Waals surface area contributed by atoms with Crippen LogP contribution in [0.2, 0.25) is 0 Å². The Morgan fingerprint density at radius 3 is 2.73 bits per heavy atom. The number of rotatable bonds is 4. The van der Waals surface area contributed by atoms with Gasteiger partial charge >= 0.3 is 0 Å². The summed E-state index contributed by atoms with van der Waals surface area (Å²) in [5.74, 6) is 0.120. The van der Waals surface area contributed by atoms with Gasteiger partial charge in [-0.15, -0.1) is 0 Å². The van der Waals surface area contributed by atoms with Crippen LogP contribution in [0.25, 0.3) is 11.3 Å². The van der Waals surface area contributed by atoms with E-state index in [4.69, 9.17) is 0 Å². The third kappa shape index (κ3) is 3.92. The van der Waals surface area contributed by atoms with Crippen molar-refractivity contribution in [3.8, 4) is 11.3 Å². The average molecular weight is 451 g/mol. The second kappa shape index (κ2) is 8.46. The van der Waals surface area contributed by atoms with Crippen LogP contribution in [0, 0.1) is 11.7 Å². The molecule has 0 atom stereocenters. The van der Waals surface area contributed by atoms with Crippen molar-refractivity contribution in [3.63, 3.8) is 0 Å². The fraction of sp³-hybridized carbons (Fsp3) is 0.417. The summed E-state index contributed by atoms with van der Waals surface area (Å²) in [6.07, 6.45) is 8.45. The highest BCUT2D eigenvalue weighted by Crippen LogP contribution is 2.36. The number of hydrogen-bond donors (Lipinski definition) is 1. The van der Waals surface area contributed by atoms with E-state index in [0.29, 0.717) is 59.9 Å². The third-order valence-electron chi connectivity index (χ3n) is 6.88. The zero-order chi connectivity index (χ0) is 23.1. The summed E-state index contributed by atoms with van der Waals surface area (Å²) in [6.45, 7) is 1.39. The predicted octanol–water partition coefficient (Wildman–Crippen LogP) is 2.95. The lowest BCUT2D eigenvalue weighted by Gasteiger charge is -2.32. The smallest absolute Gasteiger partial charge is 0.257 e. The van der Waals surface area contributed by atoms with Crippen molar-refractivity contribution in [1.29, 1.82) is 0 Å². The molecule has 1 fully saturated rings. The Kier molecular flexibility index (Phi) is 5.47. The molecule has 9 heteroatoms. The fourth-order valence-corrected chi connectivity index (χ4v) is 4.95. The van der Waals surface area contributed by atoms with Crippen molar-refractivity contribution in [2.24, 2.45) is 13.0 Å². The topological polar surface area (TPSA) is 87.1 Å². The number of hydrogen-bond acceptors (Lipinski definition) is 4. The van der Waals surface area contributed by atoms with Gasteiger partial charge < -0.3 is 9.80 Å². The van der Waals surface area contributed by atoms with Crippen LogP contribution >= 0.6 is 0 Å². The minimum Gasteiger partial charge on any atom is -0.339 e. The van der Waals surface area contributed by atoms with Gasteiger partial charge in [-0.1, -0.05) is 0 Å². The first-order chi connectivity index (χ1) is 15.9. The van der Waals surface area contributed by atoms with Crippen LogP contribution in [-0.4, -0.2) is 56.8 Å². The Labute approximate surface area is 191 Å². The lowest BCUT2D eigenvalue weighted by atomic mass is 9.88. The summed E-state index contributed by atoms with van der Waals surface area (Å²) in [5, 5.41) is 11.4. The van der Waals surface area contributed by atoms with Gasteiger partial charge in [0.1, 0.15) is 5.82 Å². The number of aromatic amines is 1. The van der Waals surface area contributed by atoms with Crippen molar-refractivity contribution >= 4 is 17.5 Å². The summed E-state index contributed by atoms with van der Waals surface area (Å²) in [6, 6.07) is 3.53. The van der Waals surface area contributed by atoms with Crippen LogP contribution in [0.1, 0.15) is 40.7 Å². The highest BCUT2D eigenvalue weighted by Gasteiger charge is 2.28. The van der Waals surface area contributed by atoms with Gasteiger partial charge in [-0.25, -0.2) is 4.39 Å². The number of nitrogens with zero attached hydrogens (tertiary/aromatic N) is 5. The quantitative estimate of drug-likeness (QED) is 0.662. The molecule has 172 valence electrons. The Morgan fingerprint density at radius 1 is 1.21 bits per heavy atom. The summed E-state index contributed by atoms with van der Waals surface area (Å²) in [7, 11) is 3.49. The molecule has 0 spiro atoms. The molecule has 0 bridgehead atoms. The summed E-state index contributed by atoms with van der Waals surface area (Å²) < 4.78 is 17.1. The molecule has 5 rings (SSSR count). The first-order valence-corrected chi connectivity index (χ1v) is 11.3. The summed E-state index contributed by atoms with van der Waals surface area (Å²) >= 11 is 0. The maximum atomic E-state index is 15.4. The Balaban J connectivity index is 1.29. The molecule has 2 aliphatic heterocycles. The first kappa shape index (κ1) is 21.4. The molecule has 3 aromatic rings. The largest absolute Gasteiger partial charge is 0.339 e. The van der Waals surface area contributed by atoms with Crippen LogP contribution < -0.4 is 4.90 Å². The predicted molar refractivity (Wildman–Crippen MR) is 121 cm³/mol. The van der Waals surface area contributed by atoms with Gasteiger partial charge in [-0.2, -0.15) is 10.2 Å². The molecule has 33 heavy (non-hydrogen) atoms. The van der Waals surface area contributed by atoms with Crippen molar-refractivity contribution in [2.75, 3.05) is 25.0 Å². The number of carbonyl (C=O) groups is 2. The van der Waals surface area contributed by atoms with Crippen molar-refractivity contribution in [3.05, 3.63) is 53.2 Å². The normalized spacial score (nSPS) is 16.9. The number of amides is 2. The maximum absolute atomic E-state index is 15.4. The van der Waals surface area contributed by atoms with Gasteiger partial charge in [0.2, 0.25) is 5.91 Å². The molecule has 0 aliphatic carbocycles. The lowest BCUT2D eigenvalue weighted by Crippen LogP contribution is -2.38. The molecule has 4 heterocycles. The molecule has 1 N–H and O–H groups in total. The molecule has 0 saturated carbocycles. The zero-order valence-corrected chi connectivity index (χ0v) is 18.8. The Bertz CT molecular complexity index is 1210. The van der Waals surface area contributed by atoms with Crippen LogP contribution in [-0.2, 0) is 24.7 Å². The zero-order valence-electron chi connectivity index (χ0n) is 18.8. The average Bonchev–Trinajstić information content (AvgIpc) is 3.46. The number of piperidine rings is 1. The number of carbonyl (C=O) groups excluding carboxylic acids is 2. The van der Waals surface area contributed by atoms with Crippen LogP contribution in [0.4, 0.5) is 10.1 Å². The van der Waals surface area contributed by atoms with Gasteiger partial charge in [-0.05, 0) is 49.3 Å². The summed E-state index contributed by atoms with van der Waals surface area (Å²) in [5.41, 5.74) is 3.90. The number of anilines is 1. The molecular weight excluding hydrogens is 423 g/mol. The molecule has 2 aliphatic rings. The second-order valence-corrected chi connectivity index (χ2v) is 8.98. The van der Waals surface area contributed by atoms with Crippen LogP contribution in [0.3, 0.4) is 0 Å². The molecule has 0 unspecified atom stereocenters. The van der Waals surface area contributed by atoms with E-state index >= 15 is 4.39 Å². The third-order valence-corrected chi connectivity index (χ3v) is 6.88. The lowest BCUT2D eigenvalue weighted by molar-refractivity contribution is -0.118. The number of fused-ring (bicyclic) bond motifs is 1. The van der Waals surface area contributed by atoms with E-state index in [0.717, 1.165) is 24.8 Å². The van der Waals surface area contributed by atoms with E-state index in [-0.39, 0.29) is 17.6 Å². The molecule has 8 nitrogen and oxygen atoms in total. The number of aromatic nitrogens is 4. The fourth-order valence-electron chi connectivity index (χ4n) is 4.95. The number of aryl methyl sites for hydroxylation is 1. The standard InChI is InChI=1S/C24H27FN6O2/c1-29-14-17(13-27-29)24(33)31-9-7-15(8-10-31)11-16-12-26-28-23(16)19-3-5-20-18(22(19)25)4-6-21(32)30(20)2/h3,5,12-15H,4,6-11H2,1-2H3,(H,26,28). The number of H-pyrrole nitrogens is 1. The van der Waals surface area contributed by atoms with E-state index in [2.05, 4.69) is 15.3 Å². The van der Waals surface area contributed by atoms with Crippen molar-refractivity contribution < 1.29 is 14.0 Å². The molecule has 2 aromatic heterocycles.